The lowest BCUT2D eigenvalue weighted by Crippen LogP contribution is -2.15. The summed E-state index contributed by atoms with van der Waals surface area (Å²) in [5.41, 5.74) is 0. The van der Waals surface area contributed by atoms with Gasteiger partial charge in [0.1, 0.15) is 0 Å². The average molecular weight is 140 g/mol. The van der Waals surface area contributed by atoms with E-state index in [2.05, 4.69) is 0 Å². The lowest BCUT2D eigenvalue weighted by molar-refractivity contribution is 0.110. The highest BCUT2D eigenvalue weighted by Gasteiger charge is 2.06. The molecule has 0 aliphatic carbocycles. The van der Waals surface area contributed by atoms with E-state index in [-0.39, 0.29) is 6.16 Å². The summed E-state index contributed by atoms with van der Waals surface area (Å²) in [6.07, 6.45) is -1.12. The van der Waals surface area contributed by atoms with Gasteiger partial charge >= 0.3 is 0 Å². The maximum absolute atomic E-state index is 8.47. The Labute approximate surface area is 48.3 Å². The maximum atomic E-state index is 8.47. The summed E-state index contributed by atoms with van der Waals surface area (Å²) in [6.45, 7) is -0.417. The van der Waals surface area contributed by atoms with Crippen LogP contribution in [0, 0.1) is 0 Å². The zero-order valence-corrected chi connectivity index (χ0v) is 5.12. The molecule has 0 bridgehead atoms. The van der Waals surface area contributed by atoms with Gasteiger partial charge in [0, 0.05) is 6.16 Å². The van der Waals surface area contributed by atoms with E-state index in [4.69, 9.17) is 20.0 Å². The third-order valence-electron chi connectivity index (χ3n) is 0.585. The van der Waals surface area contributed by atoms with Crippen LogP contribution in [0.2, 0.25) is 0 Å². The highest BCUT2D eigenvalue weighted by Crippen LogP contribution is 2.22. The molecule has 1 atom stereocenters. The normalized spacial score (nSPS) is 14.6. The second kappa shape index (κ2) is 4.18. The van der Waals surface area contributed by atoms with Crippen LogP contribution in [0.3, 0.4) is 0 Å². The van der Waals surface area contributed by atoms with Crippen LogP contribution in [-0.4, -0.2) is 38.9 Å². The molecule has 5 heteroatoms. The van der Waals surface area contributed by atoms with Crippen LogP contribution in [-0.2, 0) is 0 Å². The van der Waals surface area contributed by atoms with Gasteiger partial charge in [-0.1, -0.05) is 0 Å². The van der Waals surface area contributed by atoms with Gasteiger partial charge in [0.25, 0.3) is 0 Å². The predicted octanol–water partition coefficient (Wildman–Crippen LogP) is -1.36. The summed E-state index contributed by atoms with van der Waals surface area (Å²) >= 11 is 0. The molecule has 0 aliphatic heterocycles. The predicted molar refractivity (Wildman–Crippen MR) is 29.3 cm³/mol. The Morgan fingerprint density at radius 2 is 1.88 bits per heavy atom. The van der Waals surface area contributed by atoms with Crippen molar-refractivity contribution in [2.45, 2.75) is 6.10 Å². The third kappa shape index (κ3) is 4.43. The van der Waals surface area contributed by atoms with Gasteiger partial charge in [0.15, 0.2) is 8.38 Å². The number of hydrogen-bond acceptors (Lipinski definition) is 4. The highest BCUT2D eigenvalue weighted by atomic mass is 31.2. The Morgan fingerprint density at radius 3 is 2.00 bits per heavy atom. The monoisotopic (exact) mass is 140 g/mol. The third-order valence-corrected chi connectivity index (χ3v) is 1.33. The first-order chi connectivity index (χ1) is 3.66. The number of hydrogen-bond donors (Lipinski definition) is 4. The molecule has 0 saturated carbocycles. The molecule has 0 radical (unpaired) electrons. The summed E-state index contributed by atoms with van der Waals surface area (Å²) in [5, 5.41) is 16.6. The van der Waals surface area contributed by atoms with E-state index < -0.39 is 21.1 Å². The van der Waals surface area contributed by atoms with Gasteiger partial charge in [0.05, 0.1) is 12.7 Å². The van der Waals surface area contributed by atoms with E-state index >= 15 is 0 Å². The lowest BCUT2D eigenvalue weighted by Gasteiger charge is -2.05. The molecule has 0 spiro atoms. The summed E-state index contributed by atoms with van der Waals surface area (Å²) in [6, 6.07) is 0. The Balaban J connectivity index is 3.10. The molecule has 0 aromatic carbocycles. The van der Waals surface area contributed by atoms with E-state index in [0.29, 0.717) is 0 Å². The average Bonchev–Trinajstić information content (AvgIpc) is 1.65. The fraction of sp³-hybridized carbons (Fsp3) is 1.00. The molecule has 0 heterocycles. The molecule has 0 aromatic heterocycles. The standard InChI is InChI=1S/C3H9O4P/c4-1-3(5)2-8(6)7/h3-7H,1-2H2. The van der Waals surface area contributed by atoms with Crippen molar-refractivity contribution in [3.8, 4) is 0 Å². The minimum Gasteiger partial charge on any atom is -0.394 e. The Kier molecular flexibility index (Phi) is 4.32. The smallest absolute Gasteiger partial charge is 0.167 e. The van der Waals surface area contributed by atoms with Gasteiger partial charge in [0.2, 0.25) is 0 Å². The van der Waals surface area contributed by atoms with Crippen LogP contribution in [0.25, 0.3) is 0 Å². The van der Waals surface area contributed by atoms with Crippen molar-refractivity contribution in [1.29, 1.82) is 0 Å². The van der Waals surface area contributed by atoms with Crippen molar-refractivity contribution >= 4 is 8.38 Å². The van der Waals surface area contributed by atoms with Gasteiger partial charge in [-0.05, 0) is 0 Å². The topological polar surface area (TPSA) is 80.9 Å². The molecule has 50 valence electrons. The molecule has 0 aliphatic rings. The van der Waals surface area contributed by atoms with Crippen LogP contribution in [0.5, 0.6) is 0 Å². The van der Waals surface area contributed by atoms with Crippen molar-refractivity contribution in [2.24, 2.45) is 0 Å². The summed E-state index contributed by atoms with van der Waals surface area (Å²) in [4.78, 5) is 16.4. The minimum atomic E-state index is -2.06. The van der Waals surface area contributed by atoms with E-state index in [1.807, 2.05) is 0 Å². The molecule has 4 nitrogen and oxygen atoms in total. The first-order valence-electron chi connectivity index (χ1n) is 2.11. The Hall–Kier alpha value is 0.270. The number of aliphatic hydroxyl groups excluding tert-OH is 2. The molecule has 4 N–H and O–H groups in total. The SMILES string of the molecule is OCC(O)CP(O)O. The van der Waals surface area contributed by atoms with Gasteiger partial charge in [-0.2, -0.15) is 0 Å². The largest absolute Gasteiger partial charge is 0.394 e. The van der Waals surface area contributed by atoms with E-state index in [1.54, 1.807) is 0 Å². The maximum Gasteiger partial charge on any atom is 0.167 e. The van der Waals surface area contributed by atoms with Crippen molar-refractivity contribution in [1.82, 2.24) is 0 Å². The van der Waals surface area contributed by atoms with Crippen LogP contribution < -0.4 is 0 Å². The van der Waals surface area contributed by atoms with Crippen molar-refractivity contribution in [2.75, 3.05) is 12.8 Å². The van der Waals surface area contributed by atoms with Crippen LogP contribution in [0.15, 0.2) is 0 Å². The fourth-order valence-electron chi connectivity index (χ4n) is 0.246. The zero-order chi connectivity index (χ0) is 6.57. The van der Waals surface area contributed by atoms with Gasteiger partial charge in [-0.15, -0.1) is 0 Å². The Morgan fingerprint density at radius 1 is 1.38 bits per heavy atom. The highest BCUT2D eigenvalue weighted by molar-refractivity contribution is 7.45. The summed E-state index contributed by atoms with van der Waals surface area (Å²) in [7, 11) is -2.06. The fourth-order valence-corrected chi connectivity index (χ4v) is 0.739. The van der Waals surface area contributed by atoms with E-state index in [1.165, 1.54) is 0 Å². The number of rotatable bonds is 3. The van der Waals surface area contributed by atoms with Gasteiger partial charge in [-0.25, -0.2) is 0 Å². The lowest BCUT2D eigenvalue weighted by atomic mass is 10.4. The van der Waals surface area contributed by atoms with Crippen molar-refractivity contribution in [3.63, 3.8) is 0 Å². The van der Waals surface area contributed by atoms with Crippen LogP contribution in [0.4, 0.5) is 0 Å². The second-order valence-corrected chi connectivity index (χ2v) is 2.50. The molecule has 0 rings (SSSR count). The van der Waals surface area contributed by atoms with E-state index in [9.17, 15) is 0 Å². The quantitative estimate of drug-likeness (QED) is 0.365. The molecule has 0 amide bonds. The van der Waals surface area contributed by atoms with Crippen LogP contribution >= 0.6 is 8.38 Å². The summed E-state index contributed by atoms with van der Waals surface area (Å²) < 4.78 is 0. The molecular weight excluding hydrogens is 131 g/mol. The second-order valence-electron chi connectivity index (χ2n) is 1.39. The van der Waals surface area contributed by atoms with Gasteiger partial charge < -0.3 is 20.0 Å². The molecule has 8 heavy (non-hydrogen) atoms. The van der Waals surface area contributed by atoms with Gasteiger partial charge in [-0.3, -0.25) is 0 Å². The van der Waals surface area contributed by atoms with Crippen molar-refractivity contribution in [3.05, 3.63) is 0 Å². The summed E-state index contributed by atoms with van der Waals surface area (Å²) in [5.74, 6) is 0. The zero-order valence-electron chi connectivity index (χ0n) is 4.23. The Bertz CT molecular complexity index is 57.2. The molecular formula is C3H9O4P. The first kappa shape index (κ1) is 8.27. The molecule has 0 fully saturated rings. The number of aliphatic hydroxyl groups is 2. The molecule has 0 saturated heterocycles. The molecule has 0 aromatic rings. The van der Waals surface area contributed by atoms with Crippen LogP contribution in [0.1, 0.15) is 0 Å². The van der Waals surface area contributed by atoms with Crippen molar-refractivity contribution < 1.29 is 20.0 Å². The first-order valence-corrected chi connectivity index (χ1v) is 3.54. The minimum absolute atomic E-state index is 0.133. The van der Waals surface area contributed by atoms with E-state index in [0.717, 1.165) is 0 Å². The molecule has 1 unspecified atom stereocenters.